The molecule has 0 bridgehead atoms. The monoisotopic (exact) mass is 458 g/mol. The number of nitrogens with zero attached hydrogens (tertiary/aromatic N) is 7. The summed E-state index contributed by atoms with van der Waals surface area (Å²) in [6.45, 7) is 0.869. The molecule has 14 heteroatoms. The highest BCUT2D eigenvalue weighted by molar-refractivity contribution is 7.95. The summed E-state index contributed by atoms with van der Waals surface area (Å²) in [6.07, 6.45) is -3.08. The summed E-state index contributed by atoms with van der Waals surface area (Å²) in [5.74, 6) is 1.26. The predicted octanol–water partition coefficient (Wildman–Crippen LogP) is 5.93. The average molecular weight is 458 g/mol. The number of aromatic nitrogens is 2. The molecule has 2 heterocycles. The summed E-state index contributed by atoms with van der Waals surface area (Å²) in [5.41, 5.74) is 2.81. The van der Waals surface area contributed by atoms with Crippen LogP contribution in [0.15, 0.2) is 22.4 Å². The van der Waals surface area contributed by atoms with Crippen molar-refractivity contribution in [1.29, 1.82) is 0 Å². The van der Waals surface area contributed by atoms with Crippen LogP contribution >= 0.6 is 12.2 Å². The average Bonchev–Trinajstić information content (AvgIpc) is 3.04. The standard InChI is InChI=1S/C17H21F3N8O2S/c1-21-14-15(22-2)28(4)16(23-14)25-24-11-8-10-6-5-7-27(3)13(10)9-12(11)26-31-30-29-17(18,19)20/h8-9,26H,5-7H2,1-4H3/q-2. The molecule has 0 atom stereocenters. The first kappa shape index (κ1) is 23.0. The van der Waals surface area contributed by atoms with Crippen LogP contribution in [0.5, 0.6) is 0 Å². The van der Waals surface area contributed by atoms with Gasteiger partial charge in [-0.15, -0.1) is 27.5 Å². The molecule has 1 aromatic heterocycles. The van der Waals surface area contributed by atoms with E-state index in [1.807, 2.05) is 13.1 Å². The van der Waals surface area contributed by atoms with Crippen LogP contribution in [0.2, 0.25) is 0 Å². The van der Waals surface area contributed by atoms with E-state index in [-0.39, 0.29) is 18.2 Å². The van der Waals surface area contributed by atoms with E-state index in [2.05, 4.69) is 44.7 Å². The number of hydrogen-bond donors (Lipinski definition) is 1. The van der Waals surface area contributed by atoms with E-state index in [4.69, 9.17) is 0 Å². The lowest BCUT2D eigenvalue weighted by molar-refractivity contribution is -0.440. The topological polar surface area (TPSA) is 104 Å². The summed E-state index contributed by atoms with van der Waals surface area (Å²) in [4.78, 5) is 9.66. The van der Waals surface area contributed by atoms with E-state index in [1.165, 1.54) is 0 Å². The third kappa shape index (κ3) is 5.51. The van der Waals surface area contributed by atoms with Gasteiger partial charge in [-0.1, -0.05) is 32.8 Å². The number of aryl methyl sites for hydroxylation is 1. The molecule has 1 aliphatic heterocycles. The van der Waals surface area contributed by atoms with Crippen molar-refractivity contribution in [3.63, 3.8) is 0 Å². The number of fused-ring (bicyclic) bond motifs is 1. The lowest BCUT2D eigenvalue weighted by Gasteiger charge is -2.28. The predicted molar refractivity (Wildman–Crippen MR) is 113 cm³/mol. The molecule has 0 saturated carbocycles. The summed E-state index contributed by atoms with van der Waals surface area (Å²) in [6, 6.07) is 3.62. The Hall–Kier alpha value is -2.71. The molecule has 0 spiro atoms. The van der Waals surface area contributed by atoms with E-state index in [1.54, 1.807) is 31.8 Å². The first-order valence-corrected chi connectivity index (χ1v) is 9.88. The maximum atomic E-state index is 12.1. The number of anilines is 2. The van der Waals surface area contributed by atoms with Crippen molar-refractivity contribution in [3.8, 4) is 0 Å². The zero-order valence-electron chi connectivity index (χ0n) is 17.3. The normalized spacial score (nSPS) is 14.1. The van der Waals surface area contributed by atoms with Crippen LogP contribution in [0.3, 0.4) is 0 Å². The van der Waals surface area contributed by atoms with Crippen molar-refractivity contribution in [1.82, 2.24) is 9.55 Å². The lowest BCUT2D eigenvalue weighted by Crippen LogP contribution is -2.24. The Morgan fingerprint density at radius 2 is 1.97 bits per heavy atom. The highest BCUT2D eigenvalue weighted by Gasteiger charge is 2.31. The SMILES string of the molecule is C[N-]c1nc(N=Nc2cc3c(cc2NSOOC(F)(F)F)N(C)CCC3)n(C)c1[N-]C. The molecule has 0 amide bonds. The van der Waals surface area contributed by atoms with Crippen LogP contribution in [0.4, 0.5) is 47.8 Å². The van der Waals surface area contributed by atoms with Crippen molar-refractivity contribution in [3.05, 3.63) is 28.3 Å². The van der Waals surface area contributed by atoms with Crippen molar-refractivity contribution < 1.29 is 22.4 Å². The van der Waals surface area contributed by atoms with Gasteiger partial charge in [-0.25, -0.2) is 0 Å². The molecule has 31 heavy (non-hydrogen) atoms. The van der Waals surface area contributed by atoms with E-state index in [9.17, 15) is 13.2 Å². The van der Waals surface area contributed by atoms with Gasteiger partial charge in [-0.2, -0.15) is 5.11 Å². The minimum Gasteiger partial charge on any atom is -0.469 e. The number of benzene rings is 1. The lowest BCUT2D eigenvalue weighted by atomic mass is 10.0. The third-order valence-electron chi connectivity index (χ3n) is 4.56. The maximum Gasteiger partial charge on any atom is 0.550 e. The van der Waals surface area contributed by atoms with Gasteiger partial charge in [0.25, 0.3) is 0 Å². The molecule has 0 unspecified atom stereocenters. The molecular weight excluding hydrogens is 437 g/mol. The molecule has 10 nitrogen and oxygen atoms in total. The number of nitrogens with one attached hydrogen (secondary N) is 1. The van der Waals surface area contributed by atoms with Crippen molar-refractivity contribution >= 4 is 46.9 Å². The van der Waals surface area contributed by atoms with Crippen LogP contribution in [0.1, 0.15) is 12.0 Å². The summed E-state index contributed by atoms with van der Waals surface area (Å²) in [5, 5.41) is 16.6. The van der Waals surface area contributed by atoms with Gasteiger partial charge >= 0.3 is 6.36 Å². The van der Waals surface area contributed by atoms with Crippen molar-refractivity contribution in [2.75, 3.05) is 37.3 Å². The van der Waals surface area contributed by atoms with Gasteiger partial charge in [0, 0.05) is 19.3 Å². The van der Waals surface area contributed by atoms with Gasteiger partial charge in [-0.3, -0.25) is 0 Å². The molecule has 0 fully saturated rings. The number of hydrogen-bond acceptors (Lipinski definition) is 8. The molecule has 1 aliphatic rings. The smallest absolute Gasteiger partial charge is 0.469 e. The van der Waals surface area contributed by atoms with Crippen LogP contribution in [-0.4, -0.2) is 43.6 Å². The van der Waals surface area contributed by atoms with Crippen LogP contribution in [0, 0.1) is 0 Å². The Morgan fingerprint density at radius 1 is 1.19 bits per heavy atom. The Kier molecular flexibility index (Phi) is 7.12. The second kappa shape index (κ2) is 9.62. The van der Waals surface area contributed by atoms with E-state index >= 15 is 0 Å². The Bertz CT molecular complexity index is 950. The second-order valence-electron chi connectivity index (χ2n) is 6.57. The summed E-state index contributed by atoms with van der Waals surface area (Å²) in [7, 11) is 6.89. The van der Waals surface area contributed by atoms with Gasteiger partial charge in [0.05, 0.1) is 11.6 Å². The fourth-order valence-corrected chi connectivity index (χ4v) is 3.54. The molecule has 1 aromatic carbocycles. The summed E-state index contributed by atoms with van der Waals surface area (Å²) >= 11 is 0.275. The Morgan fingerprint density at radius 3 is 2.61 bits per heavy atom. The first-order valence-electron chi connectivity index (χ1n) is 9.13. The van der Waals surface area contributed by atoms with Crippen molar-refractivity contribution in [2.45, 2.75) is 19.2 Å². The van der Waals surface area contributed by atoms with Gasteiger partial charge in [-0.05, 0) is 30.5 Å². The molecular formula is C17H21F3N8O2S-2. The van der Waals surface area contributed by atoms with Gasteiger partial charge in [0.2, 0.25) is 0 Å². The summed E-state index contributed by atoms with van der Waals surface area (Å²) < 4.78 is 44.8. The highest BCUT2D eigenvalue weighted by atomic mass is 32.2. The van der Waals surface area contributed by atoms with Crippen molar-refractivity contribution in [2.24, 2.45) is 17.3 Å². The molecule has 1 N–H and O–H groups in total. The molecule has 0 aliphatic carbocycles. The molecule has 2 aromatic rings. The zero-order chi connectivity index (χ0) is 22.6. The minimum absolute atomic E-state index is 0.275. The third-order valence-corrected chi connectivity index (χ3v) is 5.00. The number of imidazole rings is 1. The minimum atomic E-state index is -4.91. The molecule has 170 valence electrons. The number of halogens is 3. The largest absolute Gasteiger partial charge is 0.550 e. The molecule has 0 saturated heterocycles. The zero-order valence-corrected chi connectivity index (χ0v) is 18.1. The van der Waals surface area contributed by atoms with Crippen LogP contribution in [-0.2, 0) is 22.7 Å². The van der Waals surface area contributed by atoms with Crippen LogP contribution < -0.4 is 9.62 Å². The Labute approximate surface area is 181 Å². The van der Waals surface area contributed by atoms with Gasteiger partial charge in [0.15, 0.2) is 0 Å². The fourth-order valence-electron chi connectivity index (χ4n) is 3.14. The fraction of sp³-hybridized carbons (Fsp3) is 0.471. The van der Waals surface area contributed by atoms with E-state index in [0.717, 1.165) is 30.6 Å². The molecule has 0 radical (unpaired) electrons. The maximum absolute atomic E-state index is 12.1. The number of alkyl halides is 3. The Balaban J connectivity index is 1.89. The number of azo groups is 1. The second-order valence-corrected chi connectivity index (χ2v) is 7.08. The van der Waals surface area contributed by atoms with Crippen LogP contribution in [0.25, 0.3) is 10.6 Å². The van der Waals surface area contributed by atoms with Gasteiger partial charge < -0.3 is 29.8 Å². The van der Waals surface area contributed by atoms with Gasteiger partial charge in [0.1, 0.15) is 17.9 Å². The van der Waals surface area contributed by atoms with E-state index < -0.39 is 6.36 Å². The molecule has 3 rings (SSSR count). The quantitative estimate of drug-likeness (QED) is 0.131. The van der Waals surface area contributed by atoms with E-state index in [0.29, 0.717) is 23.0 Å². The highest BCUT2D eigenvalue weighted by Crippen LogP contribution is 2.40. The number of rotatable bonds is 8. The first-order chi connectivity index (χ1) is 14.7.